The smallest absolute Gasteiger partial charge is 0.161 e. The Balaban J connectivity index is 2.56. The van der Waals surface area contributed by atoms with Crippen LogP contribution in [0.3, 0.4) is 0 Å². The Morgan fingerprint density at radius 3 is 2.53 bits per heavy atom. The Labute approximate surface area is 129 Å². The van der Waals surface area contributed by atoms with Gasteiger partial charge in [0.05, 0.1) is 0 Å². The van der Waals surface area contributed by atoms with Gasteiger partial charge >= 0.3 is 0 Å². The number of halogens is 2. The van der Waals surface area contributed by atoms with Crippen LogP contribution in [-0.2, 0) is 6.42 Å². The molecular formula is C13H14Br2N4. The maximum Gasteiger partial charge on any atom is 0.161 e. The van der Waals surface area contributed by atoms with E-state index in [0.29, 0.717) is 11.6 Å². The number of benzene rings is 1. The van der Waals surface area contributed by atoms with Gasteiger partial charge in [0.15, 0.2) is 5.82 Å². The summed E-state index contributed by atoms with van der Waals surface area (Å²) in [6.45, 7) is 4.03. The molecule has 2 aromatic rings. The van der Waals surface area contributed by atoms with E-state index < -0.39 is 0 Å². The Morgan fingerprint density at radius 2 is 1.95 bits per heavy atom. The second-order valence-corrected chi connectivity index (χ2v) is 5.80. The van der Waals surface area contributed by atoms with Crippen molar-refractivity contribution in [1.82, 2.24) is 9.97 Å². The van der Waals surface area contributed by atoms with Gasteiger partial charge in [-0.05, 0) is 63.4 Å². The van der Waals surface area contributed by atoms with Crippen LogP contribution >= 0.6 is 31.9 Å². The third-order valence-corrected chi connectivity index (χ3v) is 4.76. The van der Waals surface area contributed by atoms with E-state index in [4.69, 9.17) is 5.84 Å². The highest BCUT2D eigenvalue weighted by Crippen LogP contribution is 2.29. The Hall–Kier alpha value is -0.980. The first-order chi connectivity index (χ1) is 9.06. The number of aromatic nitrogens is 2. The normalized spacial score (nSPS) is 10.6. The average Bonchev–Trinajstić information content (AvgIpc) is 2.40. The zero-order valence-electron chi connectivity index (χ0n) is 10.7. The number of hydrogen-bond donors (Lipinski definition) is 2. The average molecular weight is 386 g/mol. The summed E-state index contributed by atoms with van der Waals surface area (Å²) in [6.07, 6.45) is 0.843. The van der Waals surface area contributed by atoms with Crippen molar-refractivity contribution < 1.29 is 0 Å². The molecule has 0 radical (unpaired) electrons. The highest BCUT2D eigenvalue weighted by atomic mass is 79.9. The number of anilines is 1. The lowest BCUT2D eigenvalue weighted by Crippen LogP contribution is -2.13. The molecule has 0 bridgehead atoms. The van der Waals surface area contributed by atoms with Crippen LogP contribution in [0.25, 0.3) is 11.4 Å². The summed E-state index contributed by atoms with van der Waals surface area (Å²) in [4.78, 5) is 9.03. The third kappa shape index (κ3) is 2.96. The Bertz CT molecular complexity index is 614. The van der Waals surface area contributed by atoms with Crippen LogP contribution in [0.1, 0.15) is 18.2 Å². The van der Waals surface area contributed by atoms with Crippen molar-refractivity contribution in [2.45, 2.75) is 20.3 Å². The van der Waals surface area contributed by atoms with Crippen molar-refractivity contribution in [1.29, 1.82) is 0 Å². The van der Waals surface area contributed by atoms with Crippen molar-refractivity contribution in [2.24, 2.45) is 5.84 Å². The molecule has 0 unspecified atom stereocenters. The van der Waals surface area contributed by atoms with Gasteiger partial charge in [0.2, 0.25) is 0 Å². The highest BCUT2D eigenvalue weighted by Gasteiger charge is 2.11. The molecule has 0 spiro atoms. The van der Waals surface area contributed by atoms with Crippen LogP contribution in [-0.4, -0.2) is 9.97 Å². The summed E-state index contributed by atoms with van der Waals surface area (Å²) in [7, 11) is 0. The van der Waals surface area contributed by atoms with Crippen molar-refractivity contribution in [3.63, 3.8) is 0 Å². The predicted molar refractivity (Wildman–Crippen MR) is 84.8 cm³/mol. The maximum absolute atomic E-state index is 5.54. The van der Waals surface area contributed by atoms with Crippen LogP contribution < -0.4 is 11.3 Å². The van der Waals surface area contributed by atoms with E-state index in [9.17, 15) is 0 Å². The minimum Gasteiger partial charge on any atom is -0.308 e. The molecule has 100 valence electrons. The van der Waals surface area contributed by atoms with Crippen molar-refractivity contribution in [3.05, 3.63) is 38.4 Å². The molecular weight excluding hydrogens is 372 g/mol. The van der Waals surface area contributed by atoms with E-state index in [1.165, 1.54) is 0 Å². The van der Waals surface area contributed by atoms with Crippen molar-refractivity contribution in [2.75, 3.05) is 5.43 Å². The molecule has 1 heterocycles. The predicted octanol–water partition coefficient (Wildman–Crippen LogP) is 3.83. The number of hydrogen-bond acceptors (Lipinski definition) is 4. The molecule has 0 aliphatic heterocycles. The molecule has 3 N–H and O–H groups in total. The van der Waals surface area contributed by atoms with Gasteiger partial charge in [0.1, 0.15) is 5.82 Å². The van der Waals surface area contributed by atoms with E-state index in [0.717, 1.165) is 32.2 Å². The summed E-state index contributed by atoms with van der Waals surface area (Å²) in [6, 6.07) is 5.90. The van der Waals surface area contributed by atoms with Gasteiger partial charge in [-0.3, -0.25) is 0 Å². The van der Waals surface area contributed by atoms with Gasteiger partial charge < -0.3 is 5.43 Å². The van der Waals surface area contributed by atoms with Gasteiger partial charge in [0.25, 0.3) is 0 Å². The molecule has 2 rings (SSSR count). The van der Waals surface area contributed by atoms with E-state index in [-0.39, 0.29) is 0 Å². The van der Waals surface area contributed by atoms with Gasteiger partial charge in [-0.25, -0.2) is 15.8 Å². The van der Waals surface area contributed by atoms with Gasteiger partial charge in [-0.2, -0.15) is 0 Å². The lowest BCUT2D eigenvalue weighted by molar-refractivity contribution is 0.995. The van der Waals surface area contributed by atoms with Crippen molar-refractivity contribution >= 4 is 37.7 Å². The quantitative estimate of drug-likeness (QED) is 0.622. The monoisotopic (exact) mass is 384 g/mol. The zero-order valence-corrected chi connectivity index (χ0v) is 13.8. The number of hydrazine groups is 1. The van der Waals surface area contributed by atoms with Gasteiger partial charge in [0, 0.05) is 25.8 Å². The molecule has 1 aromatic heterocycles. The SMILES string of the molecule is CCc1c(C)nc(-c2ccc(Br)c(Br)c2)nc1NN. The lowest BCUT2D eigenvalue weighted by Gasteiger charge is -2.11. The molecule has 0 atom stereocenters. The van der Waals surface area contributed by atoms with E-state index in [2.05, 4.69) is 54.2 Å². The fourth-order valence-electron chi connectivity index (χ4n) is 1.90. The first-order valence-corrected chi connectivity index (χ1v) is 7.45. The van der Waals surface area contributed by atoms with E-state index in [1.807, 2.05) is 25.1 Å². The molecule has 4 nitrogen and oxygen atoms in total. The van der Waals surface area contributed by atoms with E-state index >= 15 is 0 Å². The number of nitrogens with zero attached hydrogens (tertiary/aromatic N) is 2. The fourth-order valence-corrected chi connectivity index (χ4v) is 2.53. The summed E-state index contributed by atoms with van der Waals surface area (Å²) in [5.74, 6) is 6.89. The summed E-state index contributed by atoms with van der Waals surface area (Å²) >= 11 is 6.93. The second-order valence-electron chi connectivity index (χ2n) is 4.09. The summed E-state index contributed by atoms with van der Waals surface area (Å²) in [5.41, 5.74) is 5.58. The molecule has 19 heavy (non-hydrogen) atoms. The third-order valence-electron chi connectivity index (χ3n) is 2.88. The number of nitrogen functional groups attached to an aromatic ring is 1. The summed E-state index contributed by atoms with van der Waals surface area (Å²) in [5, 5.41) is 0. The molecule has 0 saturated heterocycles. The van der Waals surface area contributed by atoms with Crippen LogP contribution in [0.4, 0.5) is 5.82 Å². The lowest BCUT2D eigenvalue weighted by atomic mass is 10.1. The zero-order chi connectivity index (χ0) is 14.0. The number of aryl methyl sites for hydroxylation is 1. The molecule has 0 amide bonds. The van der Waals surface area contributed by atoms with Crippen LogP contribution in [0.2, 0.25) is 0 Å². The Morgan fingerprint density at radius 1 is 1.21 bits per heavy atom. The first-order valence-electron chi connectivity index (χ1n) is 5.86. The Kier molecular flexibility index (Phi) is 4.54. The topological polar surface area (TPSA) is 63.8 Å². The fraction of sp³-hybridized carbons (Fsp3) is 0.231. The second kappa shape index (κ2) is 5.98. The van der Waals surface area contributed by atoms with Crippen molar-refractivity contribution in [3.8, 4) is 11.4 Å². The van der Waals surface area contributed by atoms with Crippen LogP contribution in [0, 0.1) is 6.92 Å². The first kappa shape index (κ1) is 14.4. The largest absolute Gasteiger partial charge is 0.308 e. The molecule has 1 aromatic carbocycles. The standard InChI is InChI=1S/C13H14Br2N4/c1-3-9-7(2)17-12(18-13(9)19-16)8-4-5-10(14)11(15)6-8/h4-6H,3,16H2,1-2H3,(H,17,18,19). The highest BCUT2D eigenvalue weighted by molar-refractivity contribution is 9.13. The molecule has 6 heteroatoms. The van der Waals surface area contributed by atoms with E-state index in [1.54, 1.807) is 0 Å². The molecule has 0 saturated carbocycles. The van der Waals surface area contributed by atoms with Crippen LogP contribution in [0.15, 0.2) is 27.1 Å². The number of rotatable bonds is 3. The minimum absolute atomic E-state index is 0.663. The number of nitrogens with two attached hydrogens (primary N) is 1. The van der Waals surface area contributed by atoms with Gasteiger partial charge in [-0.15, -0.1) is 0 Å². The summed E-state index contributed by atoms with van der Waals surface area (Å²) < 4.78 is 1.96. The maximum atomic E-state index is 5.54. The van der Waals surface area contributed by atoms with Gasteiger partial charge in [-0.1, -0.05) is 6.92 Å². The molecule has 0 aliphatic carbocycles. The number of nitrogens with one attached hydrogen (secondary N) is 1. The molecule has 0 fully saturated rings. The van der Waals surface area contributed by atoms with Crippen LogP contribution in [0.5, 0.6) is 0 Å². The molecule has 0 aliphatic rings. The minimum atomic E-state index is 0.663.